The molecular weight excluding hydrogens is 268 g/mol. The molecule has 5 heteroatoms. The van der Waals surface area contributed by atoms with Gasteiger partial charge in [0.15, 0.2) is 0 Å². The third-order valence-corrected chi connectivity index (χ3v) is 4.18. The van der Waals surface area contributed by atoms with Gasteiger partial charge in [0, 0.05) is 23.5 Å². The molecule has 1 amide bonds. The molecule has 2 rings (SSSR count). The second-order valence-corrected chi connectivity index (χ2v) is 6.21. The second kappa shape index (κ2) is 5.54. The number of hydrogen-bond donors (Lipinski definition) is 1. The van der Waals surface area contributed by atoms with Gasteiger partial charge in [-0.1, -0.05) is 0 Å². The Hall–Kier alpha value is -1.78. The van der Waals surface area contributed by atoms with Crippen LogP contribution in [0.25, 0.3) is 0 Å². The molecule has 0 spiro atoms. The van der Waals surface area contributed by atoms with Crippen molar-refractivity contribution in [3.63, 3.8) is 0 Å². The smallest absolute Gasteiger partial charge is 0.326 e. The van der Waals surface area contributed by atoms with E-state index in [-0.39, 0.29) is 18.0 Å². The zero-order chi connectivity index (χ0) is 15.9. The van der Waals surface area contributed by atoms with Crippen LogP contribution >= 0.6 is 0 Å². The third-order valence-electron chi connectivity index (χ3n) is 4.18. The number of aromatic nitrogens is 1. The Balaban J connectivity index is 2.38. The Labute approximate surface area is 125 Å². The molecule has 0 bridgehead atoms. The number of carboxylic acid groups (broad SMARTS) is 1. The summed E-state index contributed by atoms with van der Waals surface area (Å²) in [6.45, 7) is 9.64. The number of aliphatic carboxylic acids is 1. The summed E-state index contributed by atoms with van der Waals surface area (Å²) >= 11 is 0. The Morgan fingerprint density at radius 1 is 1.29 bits per heavy atom. The minimum Gasteiger partial charge on any atom is -0.480 e. The first-order valence-corrected chi connectivity index (χ1v) is 7.49. The fourth-order valence-electron chi connectivity index (χ4n) is 3.06. The van der Waals surface area contributed by atoms with Gasteiger partial charge in [0.25, 0.3) is 5.91 Å². The first-order chi connectivity index (χ1) is 9.75. The lowest BCUT2D eigenvalue weighted by atomic mass is 10.1. The van der Waals surface area contributed by atoms with Gasteiger partial charge < -0.3 is 14.6 Å². The first kappa shape index (κ1) is 15.6. The van der Waals surface area contributed by atoms with Crippen LogP contribution in [0.5, 0.6) is 0 Å². The Kier molecular flexibility index (Phi) is 4.12. The van der Waals surface area contributed by atoms with Crippen LogP contribution in [0.2, 0.25) is 0 Å². The van der Waals surface area contributed by atoms with Gasteiger partial charge in [-0.15, -0.1) is 0 Å². The van der Waals surface area contributed by atoms with Crippen LogP contribution in [0.15, 0.2) is 6.07 Å². The molecule has 1 aliphatic rings. The topological polar surface area (TPSA) is 62.5 Å². The lowest BCUT2D eigenvalue weighted by molar-refractivity contribution is -0.141. The summed E-state index contributed by atoms with van der Waals surface area (Å²) in [6, 6.07) is 1.44. The Bertz CT molecular complexity index is 570. The average molecular weight is 292 g/mol. The summed E-state index contributed by atoms with van der Waals surface area (Å²) in [5, 5.41) is 9.24. The molecule has 1 saturated carbocycles. The van der Waals surface area contributed by atoms with Crippen molar-refractivity contribution in [3.05, 3.63) is 23.0 Å². The van der Waals surface area contributed by atoms with Gasteiger partial charge in [-0.05, 0) is 53.5 Å². The van der Waals surface area contributed by atoms with Crippen molar-refractivity contribution in [3.8, 4) is 0 Å². The molecule has 0 aliphatic heterocycles. The highest BCUT2D eigenvalue weighted by atomic mass is 16.4. The van der Waals surface area contributed by atoms with Gasteiger partial charge in [-0.3, -0.25) is 4.79 Å². The summed E-state index contributed by atoms with van der Waals surface area (Å²) in [6.07, 6.45) is 1.79. The van der Waals surface area contributed by atoms with Crippen LogP contribution in [-0.4, -0.2) is 38.5 Å². The number of carbonyl (C=O) groups excluding carboxylic acids is 1. The van der Waals surface area contributed by atoms with E-state index in [1.807, 2.05) is 19.9 Å². The van der Waals surface area contributed by atoms with Crippen LogP contribution in [0, 0.1) is 13.8 Å². The fraction of sp³-hybridized carbons (Fsp3) is 0.625. The maximum Gasteiger partial charge on any atom is 0.326 e. The highest BCUT2D eigenvalue weighted by molar-refractivity contribution is 5.98. The molecule has 0 radical (unpaired) electrons. The molecule has 1 fully saturated rings. The van der Waals surface area contributed by atoms with E-state index in [9.17, 15) is 14.7 Å². The molecule has 1 aromatic heterocycles. The summed E-state index contributed by atoms with van der Waals surface area (Å²) < 4.78 is 2.11. The minimum atomic E-state index is -0.951. The average Bonchev–Trinajstić information content (AvgIpc) is 3.14. The zero-order valence-electron chi connectivity index (χ0n) is 13.4. The van der Waals surface area contributed by atoms with Gasteiger partial charge in [-0.2, -0.15) is 0 Å². The maximum atomic E-state index is 12.8. The predicted octanol–water partition coefficient (Wildman–Crippen LogP) is 2.76. The first-order valence-electron chi connectivity index (χ1n) is 7.49. The number of carbonyl (C=O) groups is 2. The van der Waals surface area contributed by atoms with Crippen molar-refractivity contribution < 1.29 is 14.7 Å². The number of hydrogen-bond acceptors (Lipinski definition) is 2. The summed E-state index contributed by atoms with van der Waals surface area (Å²) in [4.78, 5) is 25.6. The Morgan fingerprint density at radius 3 is 2.24 bits per heavy atom. The van der Waals surface area contributed by atoms with Crippen molar-refractivity contribution in [1.82, 2.24) is 9.47 Å². The van der Waals surface area contributed by atoms with Crippen molar-refractivity contribution >= 4 is 11.9 Å². The normalized spacial score (nSPS) is 16.1. The molecule has 1 heterocycles. The molecule has 0 saturated heterocycles. The standard InChI is InChI=1S/C16H24N2O3/c1-9(2)17-10(3)8-14(11(17)4)15(19)18(13-6-7-13)12(5)16(20)21/h8-9,12-13H,6-7H2,1-5H3,(H,20,21). The maximum absolute atomic E-state index is 12.8. The highest BCUT2D eigenvalue weighted by Crippen LogP contribution is 2.32. The molecular formula is C16H24N2O3. The monoisotopic (exact) mass is 292 g/mol. The molecule has 1 unspecified atom stereocenters. The molecule has 1 aromatic rings. The van der Waals surface area contributed by atoms with Crippen LogP contribution in [0.3, 0.4) is 0 Å². The van der Waals surface area contributed by atoms with Crippen LogP contribution < -0.4 is 0 Å². The van der Waals surface area contributed by atoms with E-state index in [1.165, 1.54) is 4.90 Å². The van der Waals surface area contributed by atoms with Crippen molar-refractivity contribution in [2.75, 3.05) is 0 Å². The van der Waals surface area contributed by atoms with Crippen LogP contribution in [-0.2, 0) is 4.79 Å². The predicted molar refractivity (Wildman–Crippen MR) is 80.6 cm³/mol. The number of nitrogens with zero attached hydrogens (tertiary/aromatic N) is 2. The number of amides is 1. The van der Waals surface area contributed by atoms with Crippen LogP contribution in [0.4, 0.5) is 0 Å². The van der Waals surface area contributed by atoms with E-state index in [1.54, 1.807) is 6.92 Å². The van der Waals surface area contributed by atoms with E-state index in [2.05, 4.69) is 18.4 Å². The van der Waals surface area contributed by atoms with Crippen molar-refractivity contribution in [2.24, 2.45) is 0 Å². The Morgan fingerprint density at radius 2 is 1.86 bits per heavy atom. The third kappa shape index (κ3) is 2.82. The summed E-state index contributed by atoms with van der Waals surface area (Å²) in [5.41, 5.74) is 2.57. The lowest BCUT2D eigenvalue weighted by Gasteiger charge is -2.26. The largest absolute Gasteiger partial charge is 0.480 e. The van der Waals surface area contributed by atoms with Gasteiger partial charge in [0.05, 0.1) is 5.56 Å². The minimum absolute atomic E-state index is 0.0747. The van der Waals surface area contributed by atoms with Crippen molar-refractivity contribution in [2.45, 2.75) is 65.6 Å². The number of rotatable bonds is 5. The molecule has 116 valence electrons. The molecule has 1 aliphatic carbocycles. The number of aryl methyl sites for hydroxylation is 1. The van der Waals surface area contributed by atoms with E-state index >= 15 is 0 Å². The molecule has 1 atom stereocenters. The zero-order valence-corrected chi connectivity index (χ0v) is 13.4. The van der Waals surface area contributed by atoms with E-state index in [0.717, 1.165) is 24.2 Å². The van der Waals surface area contributed by atoms with Gasteiger partial charge in [0.1, 0.15) is 6.04 Å². The molecule has 21 heavy (non-hydrogen) atoms. The second-order valence-electron chi connectivity index (χ2n) is 6.21. The molecule has 0 aromatic carbocycles. The summed E-state index contributed by atoms with van der Waals surface area (Å²) in [7, 11) is 0. The van der Waals surface area contributed by atoms with E-state index < -0.39 is 12.0 Å². The fourth-order valence-corrected chi connectivity index (χ4v) is 3.06. The highest BCUT2D eigenvalue weighted by Gasteiger charge is 2.39. The van der Waals surface area contributed by atoms with E-state index in [0.29, 0.717) is 5.56 Å². The quantitative estimate of drug-likeness (QED) is 0.907. The van der Waals surface area contributed by atoms with Gasteiger partial charge in [-0.25, -0.2) is 4.79 Å². The lowest BCUT2D eigenvalue weighted by Crippen LogP contribution is -2.44. The van der Waals surface area contributed by atoms with Gasteiger partial charge in [0.2, 0.25) is 0 Å². The van der Waals surface area contributed by atoms with Crippen molar-refractivity contribution in [1.29, 1.82) is 0 Å². The summed E-state index contributed by atoms with van der Waals surface area (Å²) in [5.74, 6) is -1.11. The molecule has 1 N–H and O–H groups in total. The van der Waals surface area contributed by atoms with E-state index in [4.69, 9.17) is 0 Å². The number of carboxylic acids is 1. The van der Waals surface area contributed by atoms with Gasteiger partial charge >= 0.3 is 5.97 Å². The SMILES string of the molecule is Cc1cc(C(=O)N(C2CC2)C(C)C(=O)O)c(C)n1C(C)C. The molecule has 5 nitrogen and oxygen atoms in total. The van der Waals surface area contributed by atoms with Crippen LogP contribution in [0.1, 0.15) is 61.4 Å².